The lowest BCUT2D eigenvalue weighted by Gasteiger charge is -2.28. The number of carbonyl (C=O) groups is 2. The minimum atomic E-state index is -3.96. The van der Waals surface area contributed by atoms with Crippen molar-refractivity contribution in [2.45, 2.75) is 44.0 Å². The number of carboxylic acids is 1. The molecule has 0 aliphatic carbocycles. The molecule has 1 aliphatic heterocycles. The fourth-order valence-corrected chi connectivity index (χ4v) is 5.97. The molecule has 0 fully saturated rings. The van der Waals surface area contributed by atoms with E-state index < -0.39 is 16.0 Å². The van der Waals surface area contributed by atoms with Gasteiger partial charge in [-0.25, -0.2) is 12.4 Å². The molecule has 0 unspecified atom stereocenters. The molecule has 0 bridgehead atoms. The minimum absolute atomic E-state index is 0.0436. The summed E-state index contributed by atoms with van der Waals surface area (Å²) in [5.74, 6) is -0.971. The van der Waals surface area contributed by atoms with Crippen LogP contribution in [-0.2, 0) is 39.0 Å². The van der Waals surface area contributed by atoms with E-state index in [-0.39, 0.29) is 17.2 Å². The van der Waals surface area contributed by atoms with Crippen molar-refractivity contribution in [3.8, 4) is 0 Å². The fourth-order valence-electron chi connectivity index (χ4n) is 4.17. The molecule has 2 aromatic carbocycles. The van der Waals surface area contributed by atoms with Crippen molar-refractivity contribution in [2.24, 2.45) is 0 Å². The predicted octanol–water partition coefficient (Wildman–Crippen LogP) is 3.84. The number of fused-ring (bicyclic) bond motifs is 2. The van der Waals surface area contributed by atoms with Crippen molar-refractivity contribution < 1.29 is 23.1 Å². The van der Waals surface area contributed by atoms with Crippen LogP contribution in [0.2, 0.25) is 5.02 Å². The van der Waals surface area contributed by atoms with Gasteiger partial charge in [0.25, 0.3) is 10.0 Å². The van der Waals surface area contributed by atoms with E-state index in [1.165, 1.54) is 10.9 Å². The molecule has 0 saturated carbocycles. The molecule has 2 heterocycles. The first kappa shape index (κ1) is 22.4. The van der Waals surface area contributed by atoms with E-state index in [9.17, 15) is 18.0 Å². The largest absolute Gasteiger partial charge is 0.481 e. The summed E-state index contributed by atoms with van der Waals surface area (Å²) in [4.78, 5) is 24.6. The maximum absolute atomic E-state index is 13.7. The quantitative estimate of drug-likeness (QED) is 0.585. The van der Waals surface area contributed by atoms with E-state index in [2.05, 4.69) is 0 Å². The van der Waals surface area contributed by atoms with E-state index >= 15 is 0 Å². The lowest BCUT2D eigenvalue weighted by atomic mass is 10.00. The van der Waals surface area contributed by atoms with Gasteiger partial charge >= 0.3 is 5.97 Å². The van der Waals surface area contributed by atoms with E-state index in [4.69, 9.17) is 16.7 Å². The summed E-state index contributed by atoms with van der Waals surface area (Å²) >= 11 is 6.11. The monoisotopic (exact) mass is 474 g/mol. The zero-order chi connectivity index (χ0) is 23.0. The summed E-state index contributed by atoms with van der Waals surface area (Å²) in [6.07, 6.45) is 1.23. The third kappa shape index (κ3) is 4.25. The third-order valence-electron chi connectivity index (χ3n) is 5.79. The highest BCUT2D eigenvalue weighted by Gasteiger charge is 2.26. The molecular weight excluding hydrogens is 452 g/mol. The normalized spacial score (nSPS) is 13.9. The summed E-state index contributed by atoms with van der Waals surface area (Å²) in [5.41, 5.74) is 2.85. The Balaban J connectivity index is 1.80. The molecule has 7 nitrogen and oxygen atoms in total. The number of benzene rings is 2. The summed E-state index contributed by atoms with van der Waals surface area (Å²) in [6.45, 7) is 2.50. The molecule has 168 valence electrons. The fraction of sp³-hybridized carbons (Fsp3) is 0.304. The number of amides is 1. The second kappa shape index (κ2) is 8.60. The van der Waals surface area contributed by atoms with Gasteiger partial charge in [0.1, 0.15) is 0 Å². The van der Waals surface area contributed by atoms with Gasteiger partial charge in [0.05, 0.1) is 10.4 Å². The van der Waals surface area contributed by atoms with E-state index in [0.29, 0.717) is 54.0 Å². The standard InChI is InChI=1S/C23H23ClN2O5S/c1-15(27)25-10-9-16-5-7-21(13-18(16)14-25)32(30,31)26-20(3-2-4-23(28)29)12-17-11-19(24)6-8-22(17)26/h5-8,11-13H,2-4,9-10,14H2,1H3,(H,28,29). The van der Waals surface area contributed by atoms with Crippen molar-refractivity contribution >= 4 is 44.4 Å². The number of halogens is 1. The molecule has 32 heavy (non-hydrogen) atoms. The first-order chi connectivity index (χ1) is 15.2. The number of nitrogens with zero attached hydrogens (tertiary/aromatic N) is 2. The van der Waals surface area contributed by atoms with Gasteiger partial charge < -0.3 is 10.0 Å². The molecule has 0 saturated heterocycles. The first-order valence-electron chi connectivity index (χ1n) is 10.3. The van der Waals surface area contributed by atoms with E-state index in [1.54, 1.807) is 41.3 Å². The third-order valence-corrected chi connectivity index (χ3v) is 7.79. The van der Waals surface area contributed by atoms with Crippen LogP contribution in [0.25, 0.3) is 10.9 Å². The Labute approximate surface area is 191 Å². The van der Waals surface area contributed by atoms with Gasteiger partial charge in [0.2, 0.25) is 5.91 Å². The smallest absolute Gasteiger partial charge is 0.303 e. The second-order valence-corrected chi connectivity index (χ2v) is 10.2. The van der Waals surface area contributed by atoms with Crippen LogP contribution in [0.5, 0.6) is 0 Å². The van der Waals surface area contributed by atoms with Gasteiger partial charge in [0.15, 0.2) is 0 Å². The van der Waals surface area contributed by atoms with Crippen LogP contribution < -0.4 is 0 Å². The number of hydrogen-bond donors (Lipinski definition) is 1. The van der Waals surface area contributed by atoms with Gasteiger partial charge in [-0.2, -0.15) is 0 Å². The Kier molecular flexibility index (Phi) is 6.01. The van der Waals surface area contributed by atoms with Crippen molar-refractivity contribution in [1.29, 1.82) is 0 Å². The number of carbonyl (C=O) groups excluding carboxylic acids is 1. The van der Waals surface area contributed by atoms with Gasteiger partial charge in [-0.1, -0.05) is 17.7 Å². The van der Waals surface area contributed by atoms with Crippen molar-refractivity contribution in [3.63, 3.8) is 0 Å². The Morgan fingerprint density at radius 1 is 1.09 bits per heavy atom. The molecule has 4 rings (SSSR count). The van der Waals surface area contributed by atoms with Crippen molar-refractivity contribution in [3.05, 3.63) is 64.3 Å². The number of aromatic nitrogens is 1. The van der Waals surface area contributed by atoms with Crippen LogP contribution in [0, 0.1) is 0 Å². The zero-order valence-corrected chi connectivity index (χ0v) is 19.1. The maximum Gasteiger partial charge on any atom is 0.303 e. The Morgan fingerprint density at radius 2 is 1.88 bits per heavy atom. The van der Waals surface area contributed by atoms with Crippen LogP contribution in [0.3, 0.4) is 0 Å². The second-order valence-electron chi connectivity index (χ2n) is 7.98. The Bertz CT molecular complexity index is 1330. The molecule has 1 aromatic heterocycles. The highest BCUT2D eigenvalue weighted by atomic mass is 35.5. The van der Waals surface area contributed by atoms with Gasteiger partial charge in [-0.05, 0) is 66.8 Å². The highest BCUT2D eigenvalue weighted by molar-refractivity contribution is 7.90. The maximum atomic E-state index is 13.7. The highest BCUT2D eigenvalue weighted by Crippen LogP contribution is 2.30. The number of aryl methyl sites for hydroxylation is 1. The number of carboxylic acid groups (broad SMARTS) is 1. The topological polar surface area (TPSA) is 96.7 Å². The van der Waals surface area contributed by atoms with Crippen molar-refractivity contribution in [2.75, 3.05) is 6.54 Å². The summed E-state index contributed by atoms with van der Waals surface area (Å²) in [5, 5.41) is 10.1. The molecule has 0 atom stereocenters. The Morgan fingerprint density at radius 3 is 2.59 bits per heavy atom. The van der Waals surface area contributed by atoms with Crippen LogP contribution in [0.1, 0.15) is 36.6 Å². The number of aliphatic carboxylic acids is 1. The van der Waals surface area contributed by atoms with Crippen molar-refractivity contribution in [1.82, 2.24) is 8.87 Å². The average molecular weight is 475 g/mol. The molecule has 0 spiro atoms. The van der Waals surface area contributed by atoms with Gasteiger partial charge in [-0.15, -0.1) is 0 Å². The first-order valence-corrected chi connectivity index (χ1v) is 12.1. The Hall–Kier alpha value is -2.84. The van der Waals surface area contributed by atoms with E-state index in [1.807, 2.05) is 6.07 Å². The molecule has 1 N–H and O–H groups in total. The van der Waals surface area contributed by atoms with Crippen LogP contribution in [-0.4, -0.2) is 40.8 Å². The molecule has 1 amide bonds. The minimum Gasteiger partial charge on any atom is -0.481 e. The SMILES string of the molecule is CC(=O)N1CCc2ccc(S(=O)(=O)n3c(CCCC(=O)O)cc4cc(Cl)ccc43)cc2C1. The van der Waals surface area contributed by atoms with Gasteiger partial charge in [-0.3, -0.25) is 9.59 Å². The summed E-state index contributed by atoms with van der Waals surface area (Å²) in [7, 11) is -3.96. The lowest BCUT2D eigenvalue weighted by molar-refractivity contribution is -0.137. The van der Waals surface area contributed by atoms with E-state index in [0.717, 1.165) is 11.1 Å². The molecule has 0 radical (unpaired) electrons. The summed E-state index contributed by atoms with van der Waals surface area (Å²) < 4.78 is 28.8. The van der Waals surface area contributed by atoms with Crippen LogP contribution in [0.4, 0.5) is 0 Å². The average Bonchev–Trinajstić information content (AvgIpc) is 3.10. The molecule has 9 heteroatoms. The summed E-state index contributed by atoms with van der Waals surface area (Å²) in [6, 6.07) is 11.8. The predicted molar refractivity (Wildman–Crippen MR) is 121 cm³/mol. The number of rotatable bonds is 6. The zero-order valence-electron chi connectivity index (χ0n) is 17.5. The number of hydrogen-bond acceptors (Lipinski definition) is 4. The molecule has 3 aromatic rings. The molecule has 1 aliphatic rings. The molecular formula is C23H23ClN2O5S. The van der Waals surface area contributed by atoms with Crippen LogP contribution >= 0.6 is 11.6 Å². The van der Waals surface area contributed by atoms with Gasteiger partial charge in [0, 0.05) is 42.5 Å². The lowest BCUT2D eigenvalue weighted by Crippen LogP contribution is -2.34. The van der Waals surface area contributed by atoms with Crippen LogP contribution in [0.15, 0.2) is 47.4 Å².